The molecule has 0 aliphatic carbocycles. The molecule has 1 N–H and O–H groups in total. The van der Waals surface area contributed by atoms with Gasteiger partial charge in [-0.15, -0.1) is 0 Å². The van der Waals surface area contributed by atoms with E-state index in [0.29, 0.717) is 5.02 Å². The summed E-state index contributed by atoms with van der Waals surface area (Å²) in [6, 6.07) is 16.0. The maximum Gasteiger partial charge on any atom is 0.0702 e. The highest BCUT2D eigenvalue weighted by molar-refractivity contribution is 6.30. The lowest BCUT2D eigenvalue weighted by Gasteiger charge is -2.22. The minimum atomic E-state index is 0.00553. The summed E-state index contributed by atoms with van der Waals surface area (Å²) in [5.41, 5.74) is 3.21. The van der Waals surface area contributed by atoms with Gasteiger partial charge in [0.25, 0.3) is 0 Å². The molecule has 100 valence electrons. The fourth-order valence-electron chi connectivity index (χ4n) is 2.12. The third-order valence-corrected chi connectivity index (χ3v) is 3.44. The molecule has 2 nitrogen and oxygen atoms in total. The van der Waals surface area contributed by atoms with Crippen LogP contribution >= 0.6 is 11.6 Å². The molecular formula is C16H18ClNO. The molecular weight excluding hydrogens is 258 g/mol. The van der Waals surface area contributed by atoms with E-state index in [-0.39, 0.29) is 6.61 Å². The Labute approximate surface area is 119 Å². The fourth-order valence-corrected chi connectivity index (χ4v) is 2.31. The van der Waals surface area contributed by atoms with Crippen molar-refractivity contribution < 1.29 is 5.11 Å². The van der Waals surface area contributed by atoms with Crippen molar-refractivity contribution in [1.82, 2.24) is 0 Å². The summed E-state index contributed by atoms with van der Waals surface area (Å²) in [5, 5.41) is 10.0. The normalized spacial score (nSPS) is 10.5. The molecule has 0 fully saturated rings. The van der Waals surface area contributed by atoms with Crippen LogP contribution in [0.3, 0.4) is 0 Å². The van der Waals surface area contributed by atoms with E-state index in [1.807, 2.05) is 31.3 Å². The second-order valence-corrected chi connectivity index (χ2v) is 5.02. The molecule has 2 rings (SSSR count). The number of halogens is 1. The van der Waals surface area contributed by atoms with Crippen molar-refractivity contribution in [2.24, 2.45) is 0 Å². The van der Waals surface area contributed by atoms with Gasteiger partial charge in [0.1, 0.15) is 0 Å². The Balaban J connectivity index is 2.05. The first-order valence-electron chi connectivity index (χ1n) is 6.35. The first-order valence-corrected chi connectivity index (χ1v) is 6.73. The van der Waals surface area contributed by atoms with Crippen LogP contribution in [0.15, 0.2) is 48.5 Å². The van der Waals surface area contributed by atoms with Gasteiger partial charge in [-0.1, -0.05) is 41.9 Å². The third kappa shape index (κ3) is 3.72. The van der Waals surface area contributed by atoms with Gasteiger partial charge in [0.05, 0.1) is 6.61 Å². The lowest BCUT2D eigenvalue weighted by molar-refractivity contribution is 0.282. The topological polar surface area (TPSA) is 23.5 Å². The van der Waals surface area contributed by atoms with Gasteiger partial charge >= 0.3 is 0 Å². The van der Waals surface area contributed by atoms with Crippen molar-refractivity contribution in [1.29, 1.82) is 0 Å². The van der Waals surface area contributed by atoms with Gasteiger partial charge in [-0.3, -0.25) is 0 Å². The molecule has 0 aliphatic heterocycles. The van der Waals surface area contributed by atoms with Crippen LogP contribution in [-0.4, -0.2) is 18.7 Å². The summed E-state index contributed by atoms with van der Waals surface area (Å²) in [4.78, 5) is 2.15. The van der Waals surface area contributed by atoms with Crippen LogP contribution in [0.2, 0.25) is 5.02 Å². The summed E-state index contributed by atoms with van der Waals surface area (Å²) in [6.07, 6.45) is 0.977. The summed E-state index contributed by atoms with van der Waals surface area (Å²) >= 11 is 5.94. The van der Waals surface area contributed by atoms with Crippen molar-refractivity contribution in [3.63, 3.8) is 0 Å². The summed E-state index contributed by atoms with van der Waals surface area (Å²) in [5.74, 6) is 0. The van der Waals surface area contributed by atoms with Crippen LogP contribution in [-0.2, 0) is 13.0 Å². The number of nitrogens with zero attached hydrogens (tertiary/aromatic N) is 1. The highest BCUT2D eigenvalue weighted by Crippen LogP contribution is 2.23. The van der Waals surface area contributed by atoms with Crippen molar-refractivity contribution in [3.8, 4) is 0 Å². The highest BCUT2D eigenvalue weighted by Gasteiger charge is 2.07. The van der Waals surface area contributed by atoms with Gasteiger partial charge in [0, 0.05) is 29.9 Å². The molecule has 2 aromatic rings. The van der Waals surface area contributed by atoms with Gasteiger partial charge in [-0.05, 0) is 30.2 Å². The Morgan fingerprint density at radius 3 is 2.53 bits per heavy atom. The van der Waals surface area contributed by atoms with Crippen molar-refractivity contribution in [2.75, 3.05) is 18.5 Å². The Morgan fingerprint density at radius 1 is 1.11 bits per heavy atom. The predicted octanol–water partition coefficient (Wildman–Crippen LogP) is 3.51. The number of anilines is 1. The lowest BCUT2D eigenvalue weighted by atomic mass is 10.1. The smallest absolute Gasteiger partial charge is 0.0702 e. The summed E-state index contributed by atoms with van der Waals surface area (Å²) in [6.45, 7) is 0.907. The minimum Gasteiger partial charge on any atom is -0.392 e. The Hall–Kier alpha value is -1.51. The summed E-state index contributed by atoms with van der Waals surface area (Å²) < 4.78 is 0. The van der Waals surface area contributed by atoms with E-state index in [0.717, 1.165) is 24.2 Å². The number of hydrogen-bond acceptors (Lipinski definition) is 2. The zero-order valence-electron chi connectivity index (χ0n) is 11.0. The third-order valence-electron chi connectivity index (χ3n) is 3.20. The molecule has 2 aromatic carbocycles. The van der Waals surface area contributed by atoms with Crippen LogP contribution in [0, 0.1) is 0 Å². The Kier molecular flexibility index (Phi) is 4.83. The number of rotatable bonds is 5. The molecule has 0 amide bonds. The molecule has 3 heteroatoms. The van der Waals surface area contributed by atoms with E-state index in [2.05, 4.69) is 29.2 Å². The van der Waals surface area contributed by atoms with E-state index < -0.39 is 0 Å². The predicted molar refractivity (Wildman–Crippen MR) is 80.8 cm³/mol. The van der Waals surface area contributed by atoms with Crippen LogP contribution in [0.25, 0.3) is 0 Å². The molecule has 0 radical (unpaired) electrons. The largest absolute Gasteiger partial charge is 0.392 e. The highest BCUT2D eigenvalue weighted by atomic mass is 35.5. The van der Waals surface area contributed by atoms with Crippen LogP contribution in [0.5, 0.6) is 0 Å². The van der Waals surface area contributed by atoms with Crippen molar-refractivity contribution >= 4 is 17.3 Å². The van der Waals surface area contributed by atoms with Gasteiger partial charge in [0.15, 0.2) is 0 Å². The Morgan fingerprint density at radius 2 is 1.84 bits per heavy atom. The summed E-state index contributed by atoms with van der Waals surface area (Å²) in [7, 11) is 2.03. The van der Waals surface area contributed by atoms with Crippen LogP contribution in [0.4, 0.5) is 5.69 Å². The van der Waals surface area contributed by atoms with Crippen LogP contribution in [0.1, 0.15) is 11.1 Å². The fraction of sp³-hybridized carbons (Fsp3) is 0.250. The van der Waals surface area contributed by atoms with Gasteiger partial charge in [-0.2, -0.15) is 0 Å². The second kappa shape index (κ2) is 6.60. The quantitative estimate of drug-likeness (QED) is 0.903. The molecule has 0 atom stereocenters. The monoisotopic (exact) mass is 275 g/mol. The van der Waals surface area contributed by atoms with Gasteiger partial charge in [-0.25, -0.2) is 0 Å². The Bertz CT molecular complexity index is 528. The van der Waals surface area contributed by atoms with E-state index >= 15 is 0 Å². The van der Waals surface area contributed by atoms with Crippen molar-refractivity contribution in [2.45, 2.75) is 13.0 Å². The van der Waals surface area contributed by atoms with Crippen molar-refractivity contribution in [3.05, 3.63) is 64.7 Å². The maximum atomic E-state index is 9.39. The van der Waals surface area contributed by atoms with Gasteiger partial charge < -0.3 is 10.0 Å². The average Bonchev–Trinajstić information content (AvgIpc) is 2.45. The van der Waals surface area contributed by atoms with E-state index in [9.17, 15) is 5.11 Å². The van der Waals surface area contributed by atoms with E-state index in [1.54, 1.807) is 0 Å². The maximum absolute atomic E-state index is 9.39. The standard InChI is InChI=1S/C16H18ClNO/c1-18(10-9-13-5-3-2-4-6-13)16-8-7-15(17)11-14(16)12-19/h2-8,11,19H,9-10,12H2,1H3. The lowest BCUT2D eigenvalue weighted by Crippen LogP contribution is -2.21. The first-order chi connectivity index (χ1) is 9.20. The van der Waals surface area contributed by atoms with Gasteiger partial charge in [0.2, 0.25) is 0 Å². The average molecular weight is 276 g/mol. The molecule has 0 spiro atoms. The molecule has 0 bridgehead atoms. The SMILES string of the molecule is CN(CCc1ccccc1)c1ccc(Cl)cc1CO. The molecule has 0 heterocycles. The molecule has 0 saturated carbocycles. The molecule has 0 saturated heterocycles. The molecule has 19 heavy (non-hydrogen) atoms. The zero-order valence-corrected chi connectivity index (χ0v) is 11.8. The first kappa shape index (κ1) is 13.9. The molecule has 0 unspecified atom stereocenters. The number of aliphatic hydroxyl groups excluding tert-OH is 1. The molecule has 0 aliphatic rings. The van der Waals surface area contributed by atoms with E-state index in [1.165, 1.54) is 5.56 Å². The second-order valence-electron chi connectivity index (χ2n) is 4.59. The zero-order chi connectivity index (χ0) is 13.7. The number of hydrogen-bond donors (Lipinski definition) is 1. The van der Waals surface area contributed by atoms with Crippen LogP contribution < -0.4 is 4.90 Å². The number of likely N-dealkylation sites (N-methyl/N-ethyl adjacent to an activating group) is 1. The minimum absolute atomic E-state index is 0.00553. The van der Waals surface area contributed by atoms with E-state index in [4.69, 9.17) is 11.6 Å². The number of aliphatic hydroxyl groups is 1. The number of benzene rings is 2. The molecule has 0 aromatic heterocycles.